The predicted octanol–water partition coefficient (Wildman–Crippen LogP) is 3.32. The first-order valence-corrected chi connectivity index (χ1v) is 6.55. The van der Waals surface area contributed by atoms with Crippen LogP contribution in [0.3, 0.4) is 0 Å². The van der Waals surface area contributed by atoms with Gasteiger partial charge in [-0.1, -0.05) is 19.1 Å². The quantitative estimate of drug-likeness (QED) is 0.674. The Morgan fingerprint density at radius 2 is 2.19 bits per heavy atom. The normalized spacial score (nSPS) is 10.4. The van der Waals surface area contributed by atoms with Gasteiger partial charge in [0.05, 0.1) is 4.92 Å². The second kappa shape index (κ2) is 6.25. The summed E-state index contributed by atoms with van der Waals surface area (Å²) in [6, 6.07) is 4.42. The molecule has 0 radical (unpaired) electrons. The van der Waals surface area contributed by atoms with E-state index in [1.54, 1.807) is 13.0 Å². The lowest BCUT2D eigenvalue weighted by molar-refractivity contribution is -0.384. The average molecular weight is 290 g/mol. The molecular weight excluding hydrogens is 275 g/mol. The minimum absolute atomic E-state index is 0.116. The predicted molar refractivity (Wildman–Crippen MR) is 77.6 cm³/mol. The van der Waals surface area contributed by atoms with Crippen molar-refractivity contribution in [3.63, 3.8) is 0 Å². The second-order valence-corrected chi connectivity index (χ2v) is 4.52. The molecule has 0 amide bonds. The van der Waals surface area contributed by atoms with Gasteiger partial charge in [0.2, 0.25) is 5.95 Å². The highest BCUT2D eigenvalue weighted by Crippen LogP contribution is 2.31. The number of benzene rings is 1. The summed E-state index contributed by atoms with van der Waals surface area (Å²) in [5.41, 5.74) is 0.584. The molecule has 0 saturated heterocycles. The highest BCUT2D eigenvalue weighted by Gasteiger charge is 2.21. The van der Waals surface area contributed by atoms with Crippen LogP contribution >= 0.6 is 0 Å². The van der Waals surface area contributed by atoms with Crippen LogP contribution in [0.15, 0.2) is 24.4 Å². The van der Waals surface area contributed by atoms with Gasteiger partial charge < -0.3 is 5.32 Å². The van der Waals surface area contributed by atoms with Gasteiger partial charge in [-0.25, -0.2) is 14.4 Å². The summed E-state index contributed by atoms with van der Waals surface area (Å²) in [4.78, 5) is 18.7. The first-order chi connectivity index (χ1) is 10.0. The van der Waals surface area contributed by atoms with Crippen molar-refractivity contribution >= 4 is 11.6 Å². The minimum Gasteiger partial charge on any atom is -0.354 e. The fraction of sp³-hybridized carbons (Fsp3) is 0.286. The van der Waals surface area contributed by atoms with Crippen molar-refractivity contribution in [3.8, 4) is 11.3 Å². The number of halogens is 1. The molecule has 1 heterocycles. The number of hydrogen-bond acceptors (Lipinski definition) is 5. The molecule has 0 bridgehead atoms. The smallest absolute Gasteiger partial charge is 0.313 e. The van der Waals surface area contributed by atoms with E-state index in [2.05, 4.69) is 15.3 Å². The third-order valence-electron chi connectivity index (χ3n) is 3.02. The molecule has 6 nitrogen and oxygen atoms in total. The molecule has 0 aliphatic heterocycles. The monoisotopic (exact) mass is 290 g/mol. The van der Waals surface area contributed by atoms with Crippen LogP contribution in [0.4, 0.5) is 16.0 Å². The van der Waals surface area contributed by atoms with E-state index >= 15 is 0 Å². The molecule has 0 aliphatic rings. The van der Waals surface area contributed by atoms with E-state index in [1.165, 1.54) is 12.1 Å². The molecule has 21 heavy (non-hydrogen) atoms. The summed E-state index contributed by atoms with van der Waals surface area (Å²) in [7, 11) is 0. The highest BCUT2D eigenvalue weighted by atomic mass is 19.1. The van der Waals surface area contributed by atoms with Gasteiger partial charge in [-0.05, 0) is 25.0 Å². The maximum Gasteiger partial charge on any atom is 0.313 e. The van der Waals surface area contributed by atoms with Crippen LogP contribution in [-0.2, 0) is 0 Å². The summed E-state index contributed by atoms with van der Waals surface area (Å²) in [6.45, 7) is 4.20. The molecule has 0 aliphatic carbocycles. The van der Waals surface area contributed by atoms with Crippen LogP contribution in [0, 0.1) is 22.9 Å². The molecule has 7 heteroatoms. The molecular formula is C14H15FN4O2. The van der Waals surface area contributed by atoms with E-state index in [0.29, 0.717) is 23.6 Å². The van der Waals surface area contributed by atoms with E-state index in [0.717, 1.165) is 12.6 Å². The number of anilines is 1. The first kappa shape index (κ1) is 14.8. The van der Waals surface area contributed by atoms with E-state index in [-0.39, 0.29) is 11.4 Å². The summed E-state index contributed by atoms with van der Waals surface area (Å²) < 4.78 is 13.7. The van der Waals surface area contributed by atoms with Crippen LogP contribution in [0.25, 0.3) is 11.3 Å². The third-order valence-corrected chi connectivity index (χ3v) is 3.02. The number of hydrogen-bond donors (Lipinski definition) is 1. The van der Waals surface area contributed by atoms with Crippen molar-refractivity contribution < 1.29 is 9.31 Å². The Balaban J connectivity index is 2.57. The van der Waals surface area contributed by atoms with Crippen LogP contribution in [-0.4, -0.2) is 21.4 Å². The number of rotatable bonds is 5. The standard InChI is InChI=1S/C14H15FN4O2/c1-3-7-16-14-17-8-12(19(20)21)13(18-14)10-5-4-6-11(15)9(10)2/h4-6,8H,3,7H2,1-2H3,(H,16,17,18). The Kier molecular flexibility index (Phi) is 4.42. The van der Waals surface area contributed by atoms with E-state index in [1.807, 2.05) is 6.92 Å². The Bertz CT molecular complexity index is 676. The largest absolute Gasteiger partial charge is 0.354 e. The molecule has 2 rings (SSSR count). The van der Waals surface area contributed by atoms with E-state index in [4.69, 9.17) is 0 Å². The topological polar surface area (TPSA) is 81.0 Å². The minimum atomic E-state index is -0.566. The maximum absolute atomic E-state index is 13.7. The zero-order chi connectivity index (χ0) is 15.4. The molecule has 2 aromatic rings. The van der Waals surface area contributed by atoms with Gasteiger partial charge in [-0.3, -0.25) is 10.1 Å². The van der Waals surface area contributed by atoms with Crippen molar-refractivity contribution in [1.29, 1.82) is 0 Å². The molecule has 1 aromatic carbocycles. The Morgan fingerprint density at radius 1 is 1.43 bits per heavy atom. The van der Waals surface area contributed by atoms with Crippen LogP contribution in [0.5, 0.6) is 0 Å². The summed E-state index contributed by atoms with van der Waals surface area (Å²) >= 11 is 0. The van der Waals surface area contributed by atoms with Gasteiger partial charge in [-0.15, -0.1) is 0 Å². The Hall–Kier alpha value is -2.57. The summed E-state index contributed by atoms with van der Waals surface area (Å²) in [6.07, 6.45) is 2.01. The molecule has 0 fully saturated rings. The maximum atomic E-state index is 13.7. The third kappa shape index (κ3) is 3.13. The second-order valence-electron chi connectivity index (χ2n) is 4.52. The lowest BCUT2D eigenvalue weighted by Crippen LogP contribution is -2.07. The van der Waals surface area contributed by atoms with Gasteiger partial charge in [-0.2, -0.15) is 0 Å². The lowest BCUT2D eigenvalue weighted by Gasteiger charge is -2.09. The van der Waals surface area contributed by atoms with Crippen LogP contribution < -0.4 is 5.32 Å². The first-order valence-electron chi connectivity index (χ1n) is 6.55. The van der Waals surface area contributed by atoms with Gasteiger partial charge in [0.1, 0.15) is 12.0 Å². The number of nitrogens with one attached hydrogen (secondary N) is 1. The summed E-state index contributed by atoms with van der Waals surface area (Å²) in [5.74, 6) is -0.135. The van der Waals surface area contributed by atoms with Gasteiger partial charge in [0, 0.05) is 12.1 Å². The Morgan fingerprint density at radius 3 is 2.86 bits per heavy atom. The molecule has 1 aromatic heterocycles. The van der Waals surface area contributed by atoms with Crippen molar-refractivity contribution in [2.75, 3.05) is 11.9 Å². The molecule has 0 saturated carbocycles. The highest BCUT2D eigenvalue weighted by molar-refractivity contribution is 5.72. The van der Waals surface area contributed by atoms with Gasteiger partial charge >= 0.3 is 5.69 Å². The van der Waals surface area contributed by atoms with Crippen molar-refractivity contribution in [2.24, 2.45) is 0 Å². The lowest BCUT2D eigenvalue weighted by atomic mass is 10.0. The van der Waals surface area contributed by atoms with Crippen molar-refractivity contribution in [3.05, 3.63) is 45.9 Å². The van der Waals surface area contributed by atoms with E-state index in [9.17, 15) is 14.5 Å². The number of nitrogens with zero attached hydrogens (tertiary/aromatic N) is 3. The fourth-order valence-corrected chi connectivity index (χ4v) is 1.89. The van der Waals surface area contributed by atoms with Crippen molar-refractivity contribution in [1.82, 2.24) is 9.97 Å². The SMILES string of the molecule is CCCNc1ncc([N+](=O)[O-])c(-c2cccc(F)c2C)n1. The van der Waals surface area contributed by atoms with Crippen molar-refractivity contribution in [2.45, 2.75) is 20.3 Å². The average Bonchev–Trinajstić information content (AvgIpc) is 2.47. The molecule has 1 N–H and O–H groups in total. The van der Waals surface area contributed by atoms with Crippen LogP contribution in [0.1, 0.15) is 18.9 Å². The number of nitro groups is 1. The Labute approximate surface area is 121 Å². The molecule has 0 unspecified atom stereocenters. The molecule has 0 spiro atoms. The van der Waals surface area contributed by atoms with Gasteiger partial charge in [0.15, 0.2) is 5.69 Å². The molecule has 0 atom stereocenters. The zero-order valence-corrected chi connectivity index (χ0v) is 11.8. The van der Waals surface area contributed by atoms with Gasteiger partial charge in [0.25, 0.3) is 0 Å². The summed E-state index contributed by atoms with van der Waals surface area (Å²) in [5, 5.41) is 14.1. The number of aromatic nitrogens is 2. The van der Waals surface area contributed by atoms with Crippen LogP contribution in [0.2, 0.25) is 0 Å². The molecule has 110 valence electrons. The van der Waals surface area contributed by atoms with E-state index < -0.39 is 10.7 Å². The zero-order valence-electron chi connectivity index (χ0n) is 11.8. The fourth-order valence-electron chi connectivity index (χ4n) is 1.89.